The number of benzene rings is 3. The van der Waals surface area contributed by atoms with E-state index in [1.54, 1.807) is 20.3 Å². The molecule has 0 saturated carbocycles. The predicted molar refractivity (Wildman–Crippen MR) is 122 cm³/mol. The SMILES string of the molecule is COc1cc2cc(C(=O)N[C@@H]3CCS(=O)(=O)C3)cc(-c3ccc(C)cc3)c2cc1OC. The molecule has 3 aromatic carbocycles. The summed E-state index contributed by atoms with van der Waals surface area (Å²) in [6, 6.07) is 15.1. The summed E-state index contributed by atoms with van der Waals surface area (Å²) in [4.78, 5) is 13.0. The van der Waals surface area contributed by atoms with Gasteiger partial charge in [0.1, 0.15) is 0 Å². The van der Waals surface area contributed by atoms with E-state index in [9.17, 15) is 13.2 Å². The zero-order valence-corrected chi connectivity index (χ0v) is 18.6. The van der Waals surface area contributed by atoms with Gasteiger partial charge in [0, 0.05) is 11.6 Å². The van der Waals surface area contributed by atoms with Crippen LogP contribution in [-0.4, -0.2) is 46.1 Å². The third-order valence-electron chi connectivity index (χ3n) is 5.65. The van der Waals surface area contributed by atoms with Crippen molar-refractivity contribution < 1.29 is 22.7 Å². The molecule has 1 atom stereocenters. The Morgan fingerprint density at radius 3 is 2.29 bits per heavy atom. The summed E-state index contributed by atoms with van der Waals surface area (Å²) in [5, 5.41) is 4.65. The lowest BCUT2D eigenvalue weighted by Gasteiger charge is -2.16. The Kier molecular flexibility index (Phi) is 5.62. The molecule has 1 N–H and O–H groups in total. The van der Waals surface area contributed by atoms with Crippen LogP contribution in [0.25, 0.3) is 21.9 Å². The van der Waals surface area contributed by atoms with Gasteiger partial charge in [-0.2, -0.15) is 0 Å². The maximum absolute atomic E-state index is 13.0. The Bertz CT molecular complexity index is 1250. The highest BCUT2D eigenvalue weighted by atomic mass is 32.2. The van der Waals surface area contributed by atoms with E-state index in [-0.39, 0.29) is 23.5 Å². The standard InChI is InChI=1S/C24H25NO5S/c1-15-4-6-16(7-5-15)20-11-18(24(26)25-19-8-9-31(27,28)14-19)10-17-12-22(29-2)23(30-3)13-21(17)20/h4-7,10-13,19H,8-9,14H2,1-3H3,(H,25,26)/t19-/m1/s1. The highest BCUT2D eigenvalue weighted by Crippen LogP contribution is 2.38. The average molecular weight is 440 g/mol. The Morgan fingerprint density at radius 2 is 1.68 bits per heavy atom. The number of carbonyl (C=O) groups excluding carboxylic acids is 1. The Morgan fingerprint density at radius 1 is 1.00 bits per heavy atom. The number of hydrogen-bond acceptors (Lipinski definition) is 5. The van der Waals surface area contributed by atoms with Crippen molar-refractivity contribution in [1.82, 2.24) is 5.32 Å². The number of methoxy groups -OCH3 is 2. The number of carbonyl (C=O) groups is 1. The number of sulfone groups is 1. The molecular formula is C24H25NO5S. The van der Waals surface area contributed by atoms with Crippen molar-refractivity contribution in [3.05, 3.63) is 59.7 Å². The minimum Gasteiger partial charge on any atom is -0.493 e. The molecule has 1 heterocycles. The first-order valence-electron chi connectivity index (χ1n) is 10.1. The van der Waals surface area contributed by atoms with Crippen LogP contribution >= 0.6 is 0 Å². The molecule has 31 heavy (non-hydrogen) atoms. The third kappa shape index (κ3) is 4.37. The van der Waals surface area contributed by atoms with E-state index < -0.39 is 9.84 Å². The first-order valence-corrected chi connectivity index (χ1v) is 11.9. The van der Waals surface area contributed by atoms with E-state index in [0.717, 1.165) is 27.5 Å². The third-order valence-corrected chi connectivity index (χ3v) is 7.42. The molecule has 0 radical (unpaired) electrons. The molecule has 3 aromatic rings. The van der Waals surface area contributed by atoms with Crippen molar-refractivity contribution in [3.8, 4) is 22.6 Å². The van der Waals surface area contributed by atoms with Gasteiger partial charge in [0.2, 0.25) is 0 Å². The second-order valence-corrected chi connectivity index (χ2v) is 10.1. The summed E-state index contributed by atoms with van der Waals surface area (Å²) in [5.74, 6) is 0.997. The van der Waals surface area contributed by atoms with Crippen molar-refractivity contribution in [2.75, 3.05) is 25.7 Å². The fraction of sp³-hybridized carbons (Fsp3) is 0.292. The molecule has 1 saturated heterocycles. The molecule has 0 bridgehead atoms. The van der Waals surface area contributed by atoms with Gasteiger partial charge in [0.15, 0.2) is 21.3 Å². The summed E-state index contributed by atoms with van der Waals surface area (Å²) in [7, 11) is 0.0860. The van der Waals surface area contributed by atoms with Crippen LogP contribution in [0.5, 0.6) is 11.5 Å². The molecule has 1 aliphatic heterocycles. The van der Waals surface area contributed by atoms with Gasteiger partial charge in [-0.3, -0.25) is 4.79 Å². The molecule has 1 amide bonds. The maximum Gasteiger partial charge on any atom is 0.251 e. The summed E-state index contributed by atoms with van der Waals surface area (Å²) in [5.41, 5.74) is 3.48. The predicted octanol–water partition coefficient (Wildman–Crippen LogP) is 3.75. The molecule has 0 unspecified atom stereocenters. The zero-order valence-electron chi connectivity index (χ0n) is 17.8. The van der Waals surface area contributed by atoms with Crippen LogP contribution < -0.4 is 14.8 Å². The number of nitrogens with one attached hydrogen (secondary N) is 1. The average Bonchev–Trinajstić information content (AvgIpc) is 3.10. The molecule has 1 fully saturated rings. The lowest BCUT2D eigenvalue weighted by molar-refractivity contribution is 0.0941. The normalized spacial score (nSPS) is 17.5. The molecular weight excluding hydrogens is 414 g/mol. The largest absolute Gasteiger partial charge is 0.493 e. The second-order valence-electron chi connectivity index (χ2n) is 7.89. The van der Waals surface area contributed by atoms with Gasteiger partial charge in [-0.15, -0.1) is 0 Å². The number of hydrogen-bond donors (Lipinski definition) is 1. The molecule has 7 heteroatoms. The smallest absolute Gasteiger partial charge is 0.251 e. The van der Waals surface area contributed by atoms with Crippen LogP contribution in [0.3, 0.4) is 0 Å². The van der Waals surface area contributed by atoms with E-state index in [1.165, 1.54) is 0 Å². The van der Waals surface area contributed by atoms with Crippen LogP contribution in [-0.2, 0) is 9.84 Å². The minimum atomic E-state index is -3.08. The van der Waals surface area contributed by atoms with Gasteiger partial charge in [-0.25, -0.2) is 8.42 Å². The summed E-state index contributed by atoms with van der Waals surface area (Å²) in [6.45, 7) is 2.02. The van der Waals surface area contributed by atoms with Gasteiger partial charge in [-0.1, -0.05) is 29.8 Å². The molecule has 4 rings (SSSR count). The zero-order chi connectivity index (χ0) is 22.2. The highest BCUT2D eigenvalue weighted by molar-refractivity contribution is 7.91. The van der Waals surface area contributed by atoms with Gasteiger partial charge in [0.05, 0.1) is 25.7 Å². The Balaban J connectivity index is 1.82. The Hall–Kier alpha value is -3.06. The monoisotopic (exact) mass is 439 g/mol. The van der Waals surface area contributed by atoms with Crippen LogP contribution in [0.2, 0.25) is 0 Å². The van der Waals surface area contributed by atoms with E-state index in [1.807, 2.05) is 49.4 Å². The number of aryl methyl sites for hydroxylation is 1. The van der Waals surface area contributed by atoms with Crippen molar-refractivity contribution in [2.24, 2.45) is 0 Å². The van der Waals surface area contributed by atoms with Crippen LogP contribution in [0, 0.1) is 6.92 Å². The lowest BCUT2D eigenvalue weighted by atomic mass is 9.94. The second kappa shape index (κ2) is 8.23. The topological polar surface area (TPSA) is 81.7 Å². The van der Waals surface area contributed by atoms with Crippen LogP contribution in [0.15, 0.2) is 48.5 Å². The summed E-state index contributed by atoms with van der Waals surface area (Å²) >= 11 is 0. The quantitative estimate of drug-likeness (QED) is 0.655. The van der Waals surface area contributed by atoms with Crippen LogP contribution in [0.4, 0.5) is 0 Å². The van der Waals surface area contributed by atoms with Crippen molar-refractivity contribution in [1.29, 1.82) is 0 Å². The van der Waals surface area contributed by atoms with Crippen molar-refractivity contribution in [2.45, 2.75) is 19.4 Å². The number of ether oxygens (including phenoxy) is 2. The van der Waals surface area contributed by atoms with Gasteiger partial charge >= 0.3 is 0 Å². The fourth-order valence-electron chi connectivity index (χ4n) is 3.97. The first kappa shape index (κ1) is 21.2. The Labute approximate surface area is 182 Å². The van der Waals surface area contributed by atoms with Crippen molar-refractivity contribution >= 4 is 26.5 Å². The van der Waals surface area contributed by atoms with E-state index in [0.29, 0.717) is 23.5 Å². The molecule has 6 nitrogen and oxygen atoms in total. The number of amides is 1. The molecule has 1 aliphatic rings. The molecule has 0 aromatic heterocycles. The minimum absolute atomic E-state index is 0.0117. The first-order chi connectivity index (χ1) is 14.8. The lowest BCUT2D eigenvalue weighted by Crippen LogP contribution is -2.35. The van der Waals surface area contributed by atoms with Gasteiger partial charge in [-0.05, 0) is 59.5 Å². The maximum atomic E-state index is 13.0. The summed E-state index contributed by atoms with van der Waals surface area (Å²) < 4.78 is 34.4. The van der Waals surface area contributed by atoms with Crippen molar-refractivity contribution in [3.63, 3.8) is 0 Å². The molecule has 0 spiro atoms. The number of fused-ring (bicyclic) bond motifs is 1. The van der Waals surface area contributed by atoms with Crippen LogP contribution in [0.1, 0.15) is 22.3 Å². The van der Waals surface area contributed by atoms with E-state index >= 15 is 0 Å². The fourth-order valence-corrected chi connectivity index (χ4v) is 5.64. The van der Waals surface area contributed by atoms with Gasteiger partial charge < -0.3 is 14.8 Å². The highest BCUT2D eigenvalue weighted by Gasteiger charge is 2.29. The van der Waals surface area contributed by atoms with E-state index in [4.69, 9.17) is 9.47 Å². The molecule has 162 valence electrons. The van der Waals surface area contributed by atoms with Gasteiger partial charge in [0.25, 0.3) is 5.91 Å². The molecule has 0 aliphatic carbocycles. The number of rotatable bonds is 5. The van der Waals surface area contributed by atoms with E-state index in [2.05, 4.69) is 5.32 Å². The summed E-state index contributed by atoms with van der Waals surface area (Å²) in [6.07, 6.45) is 0.442.